The lowest BCUT2D eigenvalue weighted by Gasteiger charge is -2.23. The Labute approximate surface area is 82.6 Å². The van der Waals surface area contributed by atoms with Gasteiger partial charge in [-0.25, -0.2) is 4.98 Å². The minimum atomic E-state index is 0.683. The highest BCUT2D eigenvalue weighted by Gasteiger charge is 2.11. The van der Waals surface area contributed by atoms with Gasteiger partial charge in [-0.3, -0.25) is 0 Å². The maximum absolute atomic E-state index is 4.24. The highest BCUT2D eigenvalue weighted by molar-refractivity contribution is 7.07. The van der Waals surface area contributed by atoms with Crippen LogP contribution in [0.5, 0.6) is 0 Å². The van der Waals surface area contributed by atoms with Crippen LogP contribution in [0.3, 0.4) is 0 Å². The molecule has 1 aromatic rings. The van der Waals surface area contributed by atoms with Gasteiger partial charge < -0.3 is 10.6 Å². The zero-order valence-electron chi connectivity index (χ0n) is 7.62. The minimum absolute atomic E-state index is 0.683. The molecule has 0 spiro atoms. The summed E-state index contributed by atoms with van der Waals surface area (Å²) in [5.41, 5.74) is 3.06. The highest BCUT2D eigenvalue weighted by Crippen LogP contribution is 2.05. The van der Waals surface area contributed by atoms with Crippen molar-refractivity contribution in [3.63, 3.8) is 0 Å². The molecule has 1 saturated heterocycles. The van der Waals surface area contributed by atoms with Crippen molar-refractivity contribution < 1.29 is 0 Å². The lowest BCUT2D eigenvalue weighted by molar-refractivity contribution is 0.385. The minimum Gasteiger partial charge on any atom is -0.317 e. The summed E-state index contributed by atoms with van der Waals surface area (Å²) in [7, 11) is 0. The van der Waals surface area contributed by atoms with E-state index in [4.69, 9.17) is 0 Å². The third kappa shape index (κ3) is 2.76. The van der Waals surface area contributed by atoms with Gasteiger partial charge in [0.1, 0.15) is 0 Å². The summed E-state index contributed by atoms with van der Waals surface area (Å²) in [6.45, 7) is 3.22. The molecule has 3 nitrogen and oxygen atoms in total. The lowest BCUT2D eigenvalue weighted by Crippen LogP contribution is -2.39. The molecule has 1 fully saturated rings. The van der Waals surface area contributed by atoms with Crippen LogP contribution >= 0.6 is 11.3 Å². The zero-order valence-corrected chi connectivity index (χ0v) is 8.44. The van der Waals surface area contributed by atoms with E-state index in [-0.39, 0.29) is 0 Å². The molecule has 0 aliphatic carbocycles. The molecule has 0 bridgehead atoms. The molecule has 0 aromatic carbocycles. The van der Waals surface area contributed by atoms with Crippen molar-refractivity contribution in [2.75, 3.05) is 13.1 Å². The molecule has 1 aliphatic heterocycles. The summed E-state index contributed by atoms with van der Waals surface area (Å²) in [6, 6.07) is 0.683. The number of thiazole rings is 1. The molecule has 13 heavy (non-hydrogen) atoms. The molecule has 2 N–H and O–H groups in total. The SMILES string of the molecule is c1nc(CNC2CCNCC2)cs1. The Balaban J connectivity index is 1.72. The van der Waals surface area contributed by atoms with E-state index >= 15 is 0 Å². The van der Waals surface area contributed by atoms with Crippen LogP contribution in [-0.2, 0) is 6.54 Å². The third-order valence-electron chi connectivity index (χ3n) is 2.39. The van der Waals surface area contributed by atoms with Crippen LogP contribution in [0.4, 0.5) is 0 Å². The largest absolute Gasteiger partial charge is 0.317 e. The third-order valence-corrected chi connectivity index (χ3v) is 3.03. The topological polar surface area (TPSA) is 37.0 Å². The Morgan fingerprint density at radius 1 is 1.54 bits per heavy atom. The van der Waals surface area contributed by atoms with E-state index in [1.807, 2.05) is 5.51 Å². The molecule has 4 heteroatoms. The highest BCUT2D eigenvalue weighted by atomic mass is 32.1. The quantitative estimate of drug-likeness (QED) is 0.758. The van der Waals surface area contributed by atoms with Crippen LogP contribution in [0.25, 0.3) is 0 Å². The first-order valence-electron chi connectivity index (χ1n) is 4.76. The maximum Gasteiger partial charge on any atom is 0.0795 e. The van der Waals surface area contributed by atoms with Gasteiger partial charge in [0, 0.05) is 18.0 Å². The second kappa shape index (κ2) is 4.69. The summed E-state index contributed by atoms with van der Waals surface area (Å²) < 4.78 is 0. The second-order valence-corrected chi connectivity index (χ2v) is 4.10. The Morgan fingerprint density at radius 2 is 2.38 bits per heavy atom. The summed E-state index contributed by atoms with van der Waals surface area (Å²) in [5, 5.41) is 8.99. The molecule has 72 valence electrons. The number of hydrogen-bond donors (Lipinski definition) is 2. The molecule has 1 aliphatic rings. The Bertz CT molecular complexity index is 229. The molecular formula is C9H15N3S. The van der Waals surface area contributed by atoms with Crippen molar-refractivity contribution in [1.29, 1.82) is 0 Å². The predicted octanol–water partition coefficient (Wildman–Crippen LogP) is 0.985. The Morgan fingerprint density at radius 3 is 3.08 bits per heavy atom. The van der Waals surface area contributed by atoms with Gasteiger partial charge in [-0.1, -0.05) is 0 Å². The first-order valence-corrected chi connectivity index (χ1v) is 5.70. The lowest BCUT2D eigenvalue weighted by atomic mass is 10.1. The summed E-state index contributed by atoms with van der Waals surface area (Å²) in [4.78, 5) is 4.24. The average molecular weight is 197 g/mol. The van der Waals surface area contributed by atoms with E-state index in [2.05, 4.69) is 21.0 Å². The molecule has 0 radical (unpaired) electrons. The molecular weight excluding hydrogens is 182 g/mol. The predicted molar refractivity (Wildman–Crippen MR) is 54.8 cm³/mol. The van der Waals surface area contributed by atoms with Gasteiger partial charge in [0.2, 0.25) is 0 Å². The average Bonchev–Trinajstić information content (AvgIpc) is 2.69. The van der Waals surface area contributed by atoms with E-state index in [0.717, 1.165) is 19.6 Å². The summed E-state index contributed by atoms with van der Waals surface area (Å²) in [5.74, 6) is 0. The fourth-order valence-corrected chi connectivity index (χ4v) is 2.16. The van der Waals surface area contributed by atoms with E-state index in [1.165, 1.54) is 18.5 Å². The van der Waals surface area contributed by atoms with E-state index in [0.29, 0.717) is 6.04 Å². The molecule has 2 heterocycles. The van der Waals surface area contributed by atoms with E-state index in [1.54, 1.807) is 11.3 Å². The molecule has 2 rings (SSSR count). The molecule has 0 amide bonds. The monoisotopic (exact) mass is 197 g/mol. The van der Waals surface area contributed by atoms with Crippen LogP contribution in [0, 0.1) is 0 Å². The van der Waals surface area contributed by atoms with Crippen LogP contribution < -0.4 is 10.6 Å². The number of piperidine rings is 1. The number of aromatic nitrogens is 1. The van der Waals surface area contributed by atoms with Crippen LogP contribution in [0.1, 0.15) is 18.5 Å². The van der Waals surface area contributed by atoms with Gasteiger partial charge >= 0.3 is 0 Å². The van der Waals surface area contributed by atoms with Gasteiger partial charge in [-0.15, -0.1) is 11.3 Å². The number of nitrogens with zero attached hydrogens (tertiary/aromatic N) is 1. The first kappa shape index (κ1) is 9.12. The fourth-order valence-electron chi connectivity index (χ4n) is 1.60. The van der Waals surface area contributed by atoms with Gasteiger partial charge in [-0.05, 0) is 25.9 Å². The van der Waals surface area contributed by atoms with Gasteiger partial charge in [0.25, 0.3) is 0 Å². The Kier molecular flexibility index (Phi) is 3.29. The number of nitrogens with one attached hydrogen (secondary N) is 2. The summed E-state index contributed by atoms with van der Waals surface area (Å²) in [6.07, 6.45) is 2.48. The van der Waals surface area contributed by atoms with Crippen LogP contribution in [0.15, 0.2) is 10.9 Å². The van der Waals surface area contributed by atoms with E-state index < -0.39 is 0 Å². The number of rotatable bonds is 3. The summed E-state index contributed by atoms with van der Waals surface area (Å²) >= 11 is 1.66. The smallest absolute Gasteiger partial charge is 0.0795 e. The maximum atomic E-state index is 4.24. The number of hydrogen-bond acceptors (Lipinski definition) is 4. The molecule has 0 unspecified atom stereocenters. The van der Waals surface area contributed by atoms with Gasteiger partial charge in [-0.2, -0.15) is 0 Å². The van der Waals surface area contributed by atoms with Gasteiger partial charge in [0.15, 0.2) is 0 Å². The second-order valence-electron chi connectivity index (χ2n) is 3.38. The molecule has 0 atom stereocenters. The first-order chi connectivity index (χ1) is 6.45. The van der Waals surface area contributed by atoms with Crippen LogP contribution in [0.2, 0.25) is 0 Å². The van der Waals surface area contributed by atoms with Crippen molar-refractivity contribution >= 4 is 11.3 Å². The van der Waals surface area contributed by atoms with Crippen molar-refractivity contribution in [2.45, 2.75) is 25.4 Å². The van der Waals surface area contributed by atoms with Crippen molar-refractivity contribution in [1.82, 2.24) is 15.6 Å². The van der Waals surface area contributed by atoms with Crippen molar-refractivity contribution in [3.05, 3.63) is 16.6 Å². The van der Waals surface area contributed by atoms with Crippen molar-refractivity contribution in [3.8, 4) is 0 Å². The zero-order chi connectivity index (χ0) is 8.93. The van der Waals surface area contributed by atoms with Crippen molar-refractivity contribution in [2.24, 2.45) is 0 Å². The standard InChI is InChI=1S/C9H15N3S/c1-3-10-4-2-8(1)11-5-9-6-13-7-12-9/h6-8,10-11H,1-5H2. The normalized spacial score (nSPS) is 19.1. The van der Waals surface area contributed by atoms with E-state index in [9.17, 15) is 0 Å². The Hall–Kier alpha value is -0.450. The van der Waals surface area contributed by atoms with Crippen LogP contribution in [-0.4, -0.2) is 24.1 Å². The van der Waals surface area contributed by atoms with Gasteiger partial charge in [0.05, 0.1) is 11.2 Å². The molecule has 1 aromatic heterocycles. The molecule has 0 saturated carbocycles. The fraction of sp³-hybridized carbons (Fsp3) is 0.667.